The summed E-state index contributed by atoms with van der Waals surface area (Å²) in [6, 6.07) is 7.82. The second-order valence-corrected chi connectivity index (χ2v) is 7.04. The van der Waals surface area contributed by atoms with E-state index in [-0.39, 0.29) is 19.2 Å². The molecule has 0 aliphatic carbocycles. The molecule has 3 aromatic rings. The number of aliphatic hydroxyl groups excluding tert-OH is 1. The van der Waals surface area contributed by atoms with Crippen molar-refractivity contribution in [2.24, 2.45) is 0 Å². The van der Waals surface area contributed by atoms with Crippen LogP contribution in [0.25, 0.3) is 22.6 Å². The van der Waals surface area contributed by atoms with Crippen LogP contribution in [0.5, 0.6) is 0 Å². The number of carbonyl (C=O) groups excluding carboxylic acids is 2. The van der Waals surface area contributed by atoms with E-state index < -0.39 is 18.1 Å². The number of aliphatic hydroxyl groups is 1. The molecule has 1 aliphatic rings. The average Bonchev–Trinajstić information content (AvgIpc) is 3.39. The smallest absolute Gasteiger partial charge is 0.416 e. The predicted octanol–water partition coefficient (Wildman–Crippen LogP) is 2.46. The number of anilines is 1. The Labute approximate surface area is 177 Å². The van der Waals surface area contributed by atoms with Crippen molar-refractivity contribution in [1.29, 1.82) is 0 Å². The third kappa shape index (κ3) is 3.84. The van der Waals surface area contributed by atoms with Crippen molar-refractivity contribution in [2.45, 2.75) is 19.9 Å². The second-order valence-electron chi connectivity index (χ2n) is 7.04. The van der Waals surface area contributed by atoms with Crippen molar-refractivity contribution >= 4 is 17.7 Å². The van der Waals surface area contributed by atoms with Gasteiger partial charge in [0.15, 0.2) is 12.1 Å². The minimum atomic E-state index is -0.726. The number of cyclic esters (lactones) is 1. The van der Waals surface area contributed by atoms with Crippen molar-refractivity contribution in [3.63, 3.8) is 0 Å². The number of rotatable bonds is 5. The number of hydrogen-bond acceptors (Lipinski definition) is 6. The molecule has 9 nitrogen and oxygen atoms in total. The molecule has 1 fully saturated rings. The normalized spacial score (nSPS) is 15.8. The fourth-order valence-electron chi connectivity index (χ4n) is 3.31. The molecule has 0 spiro atoms. The van der Waals surface area contributed by atoms with E-state index in [1.54, 1.807) is 36.7 Å². The van der Waals surface area contributed by atoms with Gasteiger partial charge in [0, 0.05) is 43.7 Å². The molecule has 0 radical (unpaired) electrons. The van der Waals surface area contributed by atoms with Crippen LogP contribution < -0.4 is 4.90 Å². The minimum Gasteiger partial charge on any atom is -0.423 e. The molecule has 4 rings (SSSR count). The van der Waals surface area contributed by atoms with Crippen LogP contribution in [0.4, 0.5) is 14.9 Å². The third-order valence-electron chi connectivity index (χ3n) is 5.16. The summed E-state index contributed by atoms with van der Waals surface area (Å²) in [5.74, 6) is -0.263. The maximum absolute atomic E-state index is 14.9. The lowest BCUT2D eigenvalue weighted by Gasteiger charge is -2.20. The number of hydrogen-bond donors (Lipinski definition) is 1. The Morgan fingerprint density at radius 1 is 1.32 bits per heavy atom. The summed E-state index contributed by atoms with van der Waals surface area (Å²) in [5.41, 5.74) is 1.74. The third-order valence-corrected chi connectivity index (χ3v) is 5.16. The van der Waals surface area contributed by atoms with E-state index in [0.717, 1.165) is 0 Å². The van der Waals surface area contributed by atoms with Gasteiger partial charge >= 0.3 is 6.09 Å². The van der Waals surface area contributed by atoms with E-state index in [0.29, 0.717) is 28.3 Å². The maximum atomic E-state index is 14.9. The lowest BCUT2D eigenvalue weighted by atomic mass is 10.1. The van der Waals surface area contributed by atoms with E-state index in [1.165, 1.54) is 40.6 Å². The van der Waals surface area contributed by atoms with Crippen molar-refractivity contribution in [3.8, 4) is 22.6 Å². The summed E-state index contributed by atoms with van der Waals surface area (Å²) in [4.78, 5) is 34.8. The molecule has 1 aliphatic heterocycles. The molecule has 0 bridgehead atoms. The van der Waals surface area contributed by atoms with Gasteiger partial charge in [-0.2, -0.15) is 0 Å². The minimum absolute atomic E-state index is 0.113. The number of amides is 2. The molecule has 10 heteroatoms. The Hall–Kier alpha value is -3.79. The zero-order valence-corrected chi connectivity index (χ0v) is 16.9. The Balaban J connectivity index is 1.55. The summed E-state index contributed by atoms with van der Waals surface area (Å²) in [6.45, 7) is 1.26. The first kappa shape index (κ1) is 20.5. The first-order valence-electron chi connectivity index (χ1n) is 9.49. The quantitative estimate of drug-likeness (QED) is 0.674. The van der Waals surface area contributed by atoms with Crippen LogP contribution in [0.15, 0.2) is 48.9 Å². The lowest BCUT2D eigenvalue weighted by Crippen LogP contribution is -2.38. The summed E-state index contributed by atoms with van der Waals surface area (Å²) in [5, 5.41) is 9.34. The van der Waals surface area contributed by atoms with Gasteiger partial charge in [-0.1, -0.05) is 6.07 Å². The van der Waals surface area contributed by atoms with Crippen LogP contribution in [0, 0.1) is 5.82 Å². The zero-order valence-electron chi connectivity index (χ0n) is 16.9. The summed E-state index contributed by atoms with van der Waals surface area (Å²) >= 11 is 0. The SMILES string of the molecule is CC(=O)N(C)[C@@H]1CN(c2ccc(-c3ccc(-c4nccn4CO)nc3)c(F)c2)C(=O)O1. The highest BCUT2D eigenvalue weighted by Gasteiger charge is 2.36. The highest BCUT2D eigenvalue weighted by molar-refractivity contribution is 5.90. The van der Waals surface area contributed by atoms with E-state index >= 15 is 0 Å². The number of carbonyl (C=O) groups is 2. The zero-order chi connectivity index (χ0) is 22.1. The van der Waals surface area contributed by atoms with Crippen LogP contribution in [0.3, 0.4) is 0 Å². The highest BCUT2D eigenvalue weighted by Crippen LogP contribution is 2.30. The van der Waals surface area contributed by atoms with Gasteiger partial charge in [0.2, 0.25) is 5.91 Å². The van der Waals surface area contributed by atoms with Gasteiger partial charge in [0.1, 0.15) is 18.2 Å². The molecule has 160 valence electrons. The molecule has 0 saturated carbocycles. The first-order chi connectivity index (χ1) is 14.9. The fraction of sp³-hybridized carbons (Fsp3) is 0.238. The summed E-state index contributed by atoms with van der Waals surface area (Å²) in [7, 11) is 1.54. The molecule has 1 aromatic carbocycles. The fourth-order valence-corrected chi connectivity index (χ4v) is 3.31. The second kappa shape index (κ2) is 8.15. The van der Waals surface area contributed by atoms with Gasteiger partial charge in [0.05, 0.1) is 12.2 Å². The van der Waals surface area contributed by atoms with Crippen molar-refractivity contribution in [1.82, 2.24) is 19.4 Å². The number of likely N-dealkylation sites (N-methyl/N-ethyl adjacent to an activating group) is 1. The van der Waals surface area contributed by atoms with Crippen LogP contribution >= 0.6 is 0 Å². The number of ether oxygens (including phenoxy) is 1. The summed E-state index contributed by atoms with van der Waals surface area (Å²) in [6.07, 6.45) is 3.34. The monoisotopic (exact) mass is 425 g/mol. The molecule has 3 heterocycles. The maximum Gasteiger partial charge on any atom is 0.416 e. The van der Waals surface area contributed by atoms with Crippen molar-refractivity contribution < 1.29 is 23.8 Å². The predicted molar refractivity (Wildman–Crippen MR) is 109 cm³/mol. The van der Waals surface area contributed by atoms with E-state index in [2.05, 4.69) is 9.97 Å². The van der Waals surface area contributed by atoms with Gasteiger partial charge < -0.3 is 19.3 Å². The molecule has 1 atom stereocenters. The lowest BCUT2D eigenvalue weighted by molar-refractivity contribution is -0.134. The van der Waals surface area contributed by atoms with Gasteiger partial charge in [-0.3, -0.25) is 14.7 Å². The van der Waals surface area contributed by atoms with Gasteiger partial charge in [-0.05, 0) is 24.3 Å². The largest absolute Gasteiger partial charge is 0.423 e. The van der Waals surface area contributed by atoms with E-state index in [1.807, 2.05) is 0 Å². The van der Waals surface area contributed by atoms with Crippen LogP contribution in [0.2, 0.25) is 0 Å². The first-order valence-corrected chi connectivity index (χ1v) is 9.49. The van der Waals surface area contributed by atoms with Gasteiger partial charge in [-0.25, -0.2) is 14.2 Å². The van der Waals surface area contributed by atoms with Crippen LogP contribution in [-0.4, -0.2) is 56.4 Å². The number of nitrogens with zero attached hydrogens (tertiary/aromatic N) is 5. The van der Waals surface area contributed by atoms with Crippen LogP contribution in [-0.2, 0) is 16.3 Å². The van der Waals surface area contributed by atoms with Crippen LogP contribution in [0.1, 0.15) is 6.92 Å². The van der Waals surface area contributed by atoms with E-state index in [4.69, 9.17) is 4.74 Å². The number of imidazole rings is 1. The van der Waals surface area contributed by atoms with Crippen molar-refractivity contribution in [2.75, 3.05) is 18.5 Å². The van der Waals surface area contributed by atoms with Gasteiger partial charge in [0.25, 0.3) is 0 Å². The topological polar surface area (TPSA) is 101 Å². The van der Waals surface area contributed by atoms with Gasteiger partial charge in [-0.15, -0.1) is 0 Å². The highest BCUT2D eigenvalue weighted by atomic mass is 19.1. The molecular formula is C21H20FN5O4. The molecule has 1 saturated heterocycles. The molecule has 0 unspecified atom stereocenters. The number of aromatic nitrogens is 3. The molecular weight excluding hydrogens is 405 g/mol. The molecule has 31 heavy (non-hydrogen) atoms. The Morgan fingerprint density at radius 2 is 2.13 bits per heavy atom. The van der Waals surface area contributed by atoms with E-state index in [9.17, 15) is 19.1 Å². The Kier molecular flexibility index (Phi) is 5.38. The standard InChI is InChI=1S/C21H20FN5O4/c1-13(29)25(2)19-11-27(21(30)31-19)15-4-5-16(17(22)9-15)14-3-6-18(24-10-14)20-23-7-8-26(20)12-28/h3-10,19,28H,11-12H2,1-2H3/t19-/m0/s1. The molecule has 1 N–H and O–H groups in total. The van der Waals surface area contributed by atoms with Crippen molar-refractivity contribution in [3.05, 3.63) is 54.7 Å². The summed E-state index contributed by atoms with van der Waals surface area (Å²) < 4.78 is 21.6. The number of pyridine rings is 1. The number of benzene rings is 1. The average molecular weight is 425 g/mol. The Morgan fingerprint density at radius 3 is 2.77 bits per heavy atom. The molecule has 2 aromatic heterocycles. The number of halogens is 1. The Bertz CT molecular complexity index is 1130. The molecule has 2 amide bonds.